The minimum Gasteiger partial charge on any atom is -0.494 e. The zero-order valence-corrected chi connectivity index (χ0v) is 24.9. The number of hydroxylamine groups is 1. The number of piperidine rings is 1. The zero-order valence-electron chi connectivity index (χ0n) is 24.9. The number of ether oxygens (including phenoxy) is 2. The van der Waals surface area contributed by atoms with E-state index in [1.807, 2.05) is 17.2 Å². The maximum absolute atomic E-state index is 6.41. The van der Waals surface area contributed by atoms with Crippen LogP contribution in [0.4, 0.5) is 23.0 Å². The molecule has 226 valence electrons. The summed E-state index contributed by atoms with van der Waals surface area (Å²) in [5, 5.41) is 5.36. The Hall–Kier alpha value is -3.60. The predicted octanol–water partition coefficient (Wildman–Crippen LogP) is 4.62. The quantitative estimate of drug-likeness (QED) is 0.426. The molecule has 10 nitrogen and oxygen atoms in total. The van der Waals surface area contributed by atoms with Crippen LogP contribution in [0.25, 0.3) is 0 Å². The molecular weight excluding hydrogens is 542 g/mol. The average molecular weight is 584 g/mol. The lowest BCUT2D eigenvalue weighted by molar-refractivity contribution is 0.0684. The van der Waals surface area contributed by atoms with Gasteiger partial charge in [-0.25, -0.2) is 15.0 Å². The smallest absolute Gasteiger partial charge is 0.158 e. The Balaban J connectivity index is 0.966. The van der Waals surface area contributed by atoms with Crippen molar-refractivity contribution in [1.82, 2.24) is 19.8 Å². The third kappa shape index (κ3) is 5.36. The van der Waals surface area contributed by atoms with Gasteiger partial charge < -0.3 is 19.7 Å². The number of nitrogens with zero attached hydrogens (tertiary/aromatic N) is 6. The van der Waals surface area contributed by atoms with Crippen LogP contribution < -0.4 is 24.8 Å². The van der Waals surface area contributed by atoms with Crippen LogP contribution in [0.15, 0.2) is 54.9 Å². The molecular formula is C33H41N7O3. The van der Waals surface area contributed by atoms with Crippen molar-refractivity contribution in [2.24, 2.45) is 0 Å². The van der Waals surface area contributed by atoms with Crippen molar-refractivity contribution >= 4 is 23.0 Å². The summed E-state index contributed by atoms with van der Waals surface area (Å²) in [6.07, 6.45) is 7.62. The van der Waals surface area contributed by atoms with Crippen molar-refractivity contribution in [3.63, 3.8) is 0 Å². The van der Waals surface area contributed by atoms with Gasteiger partial charge in [-0.1, -0.05) is 30.3 Å². The van der Waals surface area contributed by atoms with Gasteiger partial charge in [-0.15, -0.1) is 0 Å². The standard InChI is InChI=1S/C33H41N7O3/c1-41-30-19-29-31(42-21-26-17-25(9-11-39(26)29)38-14-12-37(13-15-38)24-7-8-24)18-27(30)36-32-20-33(35-22-34-32)40-28(10-16-43-40)23-5-3-2-4-6-23/h2-6,18-20,22,24-26,28H,7-17,21H2,1H3,(H,34,35,36)/t25-,26+,28+/m0/s1. The largest absolute Gasteiger partial charge is 0.494 e. The third-order valence-corrected chi connectivity index (χ3v) is 9.87. The Morgan fingerprint density at radius 3 is 2.47 bits per heavy atom. The normalized spacial score (nSPS) is 26.0. The van der Waals surface area contributed by atoms with Gasteiger partial charge in [0.05, 0.1) is 37.2 Å². The highest BCUT2D eigenvalue weighted by Crippen LogP contribution is 2.45. The van der Waals surface area contributed by atoms with Crippen LogP contribution in [0.5, 0.6) is 11.5 Å². The van der Waals surface area contributed by atoms with E-state index >= 15 is 0 Å². The summed E-state index contributed by atoms with van der Waals surface area (Å²) in [5.41, 5.74) is 3.14. The van der Waals surface area contributed by atoms with E-state index in [1.54, 1.807) is 13.4 Å². The number of hydrogen-bond donors (Lipinski definition) is 1. The first-order chi connectivity index (χ1) is 21.2. The SMILES string of the molecule is COc1cc2c(cc1Nc1cc(N3OCC[C@@H]3c3ccccc3)ncn1)OC[C@H]1C[C@@H](N3CCN(C4CC4)CC3)CCN21. The van der Waals surface area contributed by atoms with Crippen molar-refractivity contribution in [3.05, 3.63) is 60.4 Å². The molecule has 3 saturated heterocycles. The first-order valence-corrected chi connectivity index (χ1v) is 15.9. The third-order valence-electron chi connectivity index (χ3n) is 9.87. The molecule has 1 saturated carbocycles. The van der Waals surface area contributed by atoms with Crippen LogP contribution in [-0.4, -0.2) is 90.9 Å². The summed E-state index contributed by atoms with van der Waals surface area (Å²) < 4.78 is 12.3. The Morgan fingerprint density at radius 1 is 0.860 bits per heavy atom. The molecule has 5 heterocycles. The van der Waals surface area contributed by atoms with E-state index in [9.17, 15) is 0 Å². The maximum atomic E-state index is 6.41. The molecule has 4 fully saturated rings. The van der Waals surface area contributed by atoms with Gasteiger partial charge >= 0.3 is 0 Å². The molecule has 3 aromatic rings. The zero-order chi connectivity index (χ0) is 28.8. The van der Waals surface area contributed by atoms with Crippen molar-refractivity contribution in [2.75, 3.05) is 68.3 Å². The molecule has 8 rings (SSSR count). The van der Waals surface area contributed by atoms with E-state index in [2.05, 4.69) is 66.4 Å². The molecule has 3 atom stereocenters. The monoisotopic (exact) mass is 583 g/mol. The van der Waals surface area contributed by atoms with Gasteiger partial charge in [-0.05, 0) is 31.2 Å². The molecule has 5 aliphatic rings. The molecule has 10 heteroatoms. The second kappa shape index (κ2) is 11.5. The maximum Gasteiger partial charge on any atom is 0.158 e. The lowest BCUT2D eigenvalue weighted by Crippen LogP contribution is -2.57. The fourth-order valence-corrected chi connectivity index (χ4v) is 7.43. The van der Waals surface area contributed by atoms with Gasteiger partial charge in [0.25, 0.3) is 0 Å². The van der Waals surface area contributed by atoms with Crippen LogP contribution in [0.3, 0.4) is 0 Å². The summed E-state index contributed by atoms with van der Waals surface area (Å²) >= 11 is 0. The molecule has 0 unspecified atom stereocenters. The van der Waals surface area contributed by atoms with Crippen LogP contribution in [0.1, 0.15) is 43.7 Å². The summed E-state index contributed by atoms with van der Waals surface area (Å²) in [4.78, 5) is 23.0. The summed E-state index contributed by atoms with van der Waals surface area (Å²) in [5.74, 6) is 3.04. The van der Waals surface area contributed by atoms with Gasteiger partial charge in [0.2, 0.25) is 0 Å². The molecule has 4 aliphatic heterocycles. The molecule has 1 N–H and O–H groups in total. The fraction of sp³-hybridized carbons (Fsp3) is 0.515. The number of rotatable bonds is 7. The van der Waals surface area contributed by atoms with E-state index in [4.69, 9.17) is 14.3 Å². The van der Waals surface area contributed by atoms with E-state index < -0.39 is 0 Å². The first kappa shape index (κ1) is 27.0. The van der Waals surface area contributed by atoms with Crippen LogP contribution in [-0.2, 0) is 4.84 Å². The molecule has 43 heavy (non-hydrogen) atoms. The first-order valence-electron chi connectivity index (χ1n) is 15.9. The minimum absolute atomic E-state index is 0.111. The number of benzene rings is 2. The molecule has 0 spiro atoms. The van der Waals surface area contributed by atoms with Crippen molar-refractivity contribution in [1.29, 1.82) is 0 Å². The van der Waals surface area contributed by atoms with Crippen molar-refractivity contribution < 1.29 is 14.3 Å². The number of fused-ring (bicyclic) bond motifs is 3. The molecule has 0 radical (unpaired) electrons. The number of methoxy groups -OCH3 is 1. The second-order valence-electron chi connectivity index (χ2n) is 12.4. The van der Waals surface area contributed by atoms with Crippen molar-refractivity contribution in [2.45, 2.75) is 56.3 Å². The molecule has 0 bridgehead atoms. The Labute approximate surface area is 253 Å². The highest BCUT2D eigenvalue weighted by Gasteiger charge is 2.39. The average Bonchev–Trinajstić information content (AvgIpc) is 3.80. The van der Waals surface area contributed by atoms with E-state index in [0.717, 1.165) is 54.1 Å². The summed E-state index contributed by atoms with van der Waals surface area (Å²) in [6.45, 7) is 7.27. The minimum atomic E-state index is 0.111. The predicted molar refractivity (Wildman–Crippen MR) is 166 cm³/mol. The van der Waals surface area contributed by atoms with Gasteiger partial charge in [-0.2, -0.15) is 0 Å². The van der Waals surface area contributed by atoms with Gasteiger partial charge in [0, 0.05) is 69.4 Å². The Morgan fingerprint density at radius 2 is 1.67 bits per heavy atom. The highest BCUT2D eigenvalue weighted by molar-refractivity contribution is 5.76. The van der Waals surface area contributed by atoms with E-state index in [1.165, 1.54) is 51.0 Å². The number of nitrogens with one attached hydrogen (secondary N) is 1. The topological polar surface area (TPSA) is 78.5 Å². The van der Waals surface area contributed by atoms with Gasteiger partial charge in [-0.3, -0.25) is 14.6 Å². The van der Waals surface area contributed by atoms with Crippen LogP contribution in [0.2, 0.25) is 0 Å². The number of aromatic nitrogens is 2. The highest BCUT2D eigenvalue weighted by atomic mass is 16.7. The number of hydrogen-bond acceptors (Lipinski definition) is 10. The van der Waals surface area contributed by atoms with Crippen LogP contribution in [0, 0.1) is 0 Å². The van der Waals surface area contributed by atoms with E-state index in [0.29, 0.717) is 31.1 Å². The van der Waals surface area contributed by atoms with Gasteiger partial charge in [0.1, 0.15) is 30.3 Å². The second-order valence-corrected chi connectivity index (χ2v) is 12.4. The van der Waals surface area contributed by atoms with Gasteiger partial charge in [0.15, 0.2) is 5.82 Å². The fourth-order valence-electron chi connectivity index (χ4n) is 7.43. The molecule has 2 aromatic carbocycles. The van der Waals surface area contributed by atoms with Crippen molar-refractivity contribution in [3.8, 4) is 11.5 Å². The van der Waals surface area contributed by atoms with Crippen LogP contribution >= 0.6 is 0 Å². The summed E-state index contributed by atoms with van der Waals surface area (Å²) in [6, 6.07) is 18.5. The molecule has 0 amide bonds. The molecule has 1 aromatic heterocycles. The lowest BCUT2D eigenvalue weighted by atomic mass is 9.93. The molecule has 1 aliphatic carbocycles. The Bertz CT molecular complexity index is 1430. The summed E-state index contributed by atoms with van der Waals surface area (Å²) in [7, 11) is 1.72. The number of piperazine rings is 1. The van der Waals surface area contributed by atoms with E-state index in [-0.39, 0.29) is 6.04 Å². The lowest BCUT2D eigenvalue weighted by Gasteiger charge is -2.48. The number of anilines is 4. The Kier molecular flexibility index (Phi) is 7.20.